The maximum atomic E-state index is 5.58. The summed E-state index contributed by atoms with van der Waals surface area (Å²) in [5, 5.41) is 0. The maximum Gasteiger partial charge on any atom is 0.123 e. The van der Waals surface area contributed by atoms with Gasteiger partial charge in [0.2, 0.25) is 0 Å². The molecule has 0 bridgehead atoms. The first-order chi connectivity index (χ1) is 8.72. The monoisotopic (exact) mass is 246 g/mol. The normalized spacial score (nSPS) is 10.4. The second kappa shape index (κ2) is 5.60. The van der Waals surface area contributed by atoms with E-state index in [1.165, 1.54) is 0 Å². The van der Waals surface area contributed by atoms with Crippen molar-refractivity contribution in [2.75, 3.05) is 19.1 Å². The molecule has 0 radical (unpaired) electrons. The van der Waals surface area contributed by atoms with Crippen LogP contribution < -0.4 is 15.4 Å². The molecule has 0 aliphatic carbocycles. The highest BCUT2D eigenvalue weighted by Crippen LogP contribution is 2.21. The molecule has 0 saturated carbocycles. The highest BCUT2D eigenvalue weighted by Gasteiger charge is 2.06. The summed E-state index contributed by atoms with van der Waals surface area (Å²) in [7, 11) is 3.68. The predicted molar refractivity (Wildman–Crippen MR) is 71.7 cm³/mol. The minimum atomic E-state index is 0.433. The number of hydrogen-bond donors (Lipinski definition) is 1. The summed E-state index contributed by atoms with van der Waals surface area (Å²) in [6, 6.07) is 11.8. The van der Waals surface area contributed by atoms with Crippen LogP contribution >= 0.6 is 0 Å². The van der Waals surface area contributed by atoms with Gasteiger partial charge in [-0.25, -0.2) is 0 Å². The molecule has 1 aromatic carbocycles. The number of nitrogens with zero attached hydrogens (tertiary/aromatic N) is 1. The van der Waals surface area contributed by atoms with Crippen LogP contribution in [0, 0.1) is 0 Å². The Hall–Kier alpha value is -1.94. The first-order valence-electron chi connectivity index (χ1n) is 5.86. The summed E-state index contributed by atoms with van der Waals surface area (Å²) in [6.07, 6.45) is 0. The molecule has 2 N–H and O–H groups in total. The second-order valence-electron chi connectivity index (χ2n) is 4.13. The molecule has 4 heteroatoms. The van der Waals surface area contributed by atoms with Crippen molar-refractivity contribution < 1.29 is 9.15 Å². The zero-order valence-corrected chi connectivity index (χ0v) is 10.7. The third-order valence-corrected chi connectivity index (χ3v) is 2.81. The van der Waals surface area contributed by atoms with Crippen molar-refractivity contribution in [3.8, 4) is 5.75 Å². The van der Waals surface area contributed by atoms with Crippen molar-refractivity contribution in [1.29, 1.82) is 0 Å². The van der Waals surface area contributed by atoms with Crippen LogP contribution in [-0.2, 0) is 13.1 Å². The molecule has 0 saturated heterocycles. The SMILES string of the molecule is COc1cccc(N(C)Cc2ccc(CN)o2)c1. The van der Waals surface area contributed by atoms with Gasteiger partial charge in [0.1, 0.15) is 17.3 Å². The number of furan rings is 1. The first-order valence-corrected chi connectivity index (χ1v) is 5.86. The molecule has 0 atom stereocenters. The fraction of sp³-hybridized carbons (Fsp3) is 0.286. The minimum absolute atomic E-state index is 0.433. The van der Waals surface area contributed by atoms with E-state index in [1.807, 2.05) is 43.4 Å². The third-order valence-electron chi connectivity index (χ3n) is 2.81. The molecule has 1 heterocycles. The summed E-state index contributed by atoms with van der Waals surface area (Å²) in [5.41, 5.74) is 6.60. The lowest BCUT2D eigenvalue weighted by Crippen LogP contribution is -2.15. The van der Waals surface area contributed by atoms with Gasteiger partial charge in [-0.3, -0.25) is 0 Å². The smallest absolute Gasteiger partial charge is 0.123 e. The molecule has 2 rings (SSSR count). The molecule has 0 unspecified atom stereocenters. The van der Waals surface area contributed by atoms with Crippen LogP contribution in [0.15, 0.2) is 40.8 Å². The lowest BCUT2D eigenvalue weighted by Gasteiger charge is -2.18. The third kappa shape index (κ3) is 2.84. The predicted octanol–water partition coefficient (Wildman–Crippen LogP) is 2.38. The molecule has 1 aromatic heterocycles. The van der Waals surface area contributed by atoms with E-state index in [0.29, 0.717) is 13.1 Å². The number of methoxy groups -OCH3 is 1. The Balaban J connectivity index is 2.08. The second-order valence-corrected chi connectivity index (χ2v) is 4.13. The van der Waals surface area contributed by atoms with Crippen LogP contribution in [-0.4, -0.2) is 14.2 Å². The summed E-state index contributed by atoms with van der Waals surface area (Å²) >= 11 is 0. The minimum Gasteiger partial charge on any atom is -0.497 e. The molecule has 0 fully saturated rings. The zero-order chi connectivity index (χ0) is 13.0. The largest absolute Gasteiger partial charge is 0.497 e. The van der Waals surface area contributed by atoms with E-state index in [2.05, 4.69) is 4.90 Å². The maximum absolute atomic E-state index is 5.58. The van der Waals surface area contributed by atoms with Gasteiger partial charge in [-0.2, -0.15) is 0 Å². The molecule has 0 amide bonds. The lowest BCUT2D eigenvalue weighted by molar-refractivity contribution is 0.414. The number of benzene rings is 1. The van der Waals surface area contributed by atoms with Crippen molar-refractivity contribution in [3.63, 3.8) is 0 Å². The van der Waals surface area contributed by atoms with E-state index in [-0.39, 0.29) is 0 Å². The van der Waals surface area contributed by atoms with Crippen LogP contribution in [0.25, 0.3) is 0 Å². The molecule has 0 aliphatic rings. The Morgan fingerprint density at radius 1 is 1.22 bits per heavy atom. The van der Waals surface area contributed by atoms with Crippen LogP contribution in [0.1, 0.15) is 11.5 Å². The molecule has 0 spiro atoms. The van der Waals surface area contributed by atoms with Gasteiger partial charge < -0.3 is 19.8 Å². The summed E-state index contributed by atoms with van der Waals surface area (Å²) in [5.74, 6) is 2.56. The van der Waals surface area contributed by atoms with E-state index < -0.39 is 0 Å². The van der Waals surface area contributed by atoms with E-state index in [0.717, 1.165) is 23.0 Å². The van der Waals surface area contributed by atoms with Gasteiger partial charge in [0.05, 0.1) is 20.2 Å². The fourth-order valence-electron chi connectivity index (χ4n) is 1.79. The summed E-state index contributed by atoms with van der Waals surface area (Å²) in [4.78, 5) is 2.10. The topological polar surface area (TPSA) is 51.6 Å². The lowest BCUT2D eigenvalue weighted by atomic mass is 10.2. The van der Waals surface area contributed by atoms with Crippen molar-refractivity contribution in [1.82, 2.24) is 0 Å². The van der Waals surface area contributed by atoms with Crippen molar-refractivity contribution >= 4 is 5.69 Å². The average Bonchev–Trinajstić information content (AvgIpc) is 2.86. The van der Waals surface area contributed by atoms with Gasteiger partial charge in [0, 0.05) is 18.8 Å². The van der Waals surface area contributed by atoms with Crippen LogP contribution in [0.5, 0.6) is 5.75 Å². The molecule has 0 aliphatic heterocycles. The standard InChI is InChI=1S/C14H18N2O2/c1-16(10-14-7-6-13(9-15)18-14)11-4-3-5-12(8-11)17-2/h3-8H,9-10,15H2,1-2H3. The highest BCUT2D eigenvalue weighted by molar-refractivity contribution is 5.50. The Kier molecular flexibility index (Phi) is 3.89. The Bertz CT molecular complexity index is 508. The van der Waals surface area contributed by atoms with Gasteiger partial charge in [-0.1, -0.05) is 6.07 Å². The summed E-state index contributed by atoms with van der Waals surface area (Å²) < 4.78 is 10.8. The van der Waals surface area contributed by atoms with Crippen molar-refractivity contribution in [2.24, 2.45) is 5.73 Å². The number of nitrogens with two attached hydrogens (primary N) is 1. The van der Waals surface area contributed by atoms with Crippen LogP contribution in [0.2, 0.25) is 0 Å². The molecule has 2 aromatic rings. The Morgan fingerprint density at radius 2 is 2.00 bits per heavy atom. The van der Waals surface area contributed by atoms with Crippen molar-refractivity contribution in [2.45, 2.75) is 13.1 Å². The van der Waals surface area contributed by atoms with Crippen LogP contribution in [0.4, 0.5) is 5.69 Å². The molecule has 4 nitrogen and oxygen atoms in total. The highest BCUT2D eigenvalue weighted by atomic mass is 16.5. The van der Waals surface area contributed by atoms with Crippen molar-refractivity contribution in [3.05, 3.63) is 47.9 Å². The van der Waals surface area contributed by atoms with E-state index in [4.69, 9.17) is 14.9 Å². The van der Waals surface area contributed by atoms with E-state index in [1.54, 1.807) is 7.11 Å². The molecular weight excluding hydrogens is 228 g/mol. The van der Waals surface area contributed by atoms with E-state index >= 15 is 0 Å². The number of anilines is 1. The number of rotatable bonds is 5. The van der Waals surface area contributed by atoms with Crippen LogP contribution in [0.3, 0.4) is 0 Å². The van der Waals surface area contributed by atoms with Gasteiger partial charge in [-0.05, 0) is 24.3 Å². The van der Waals surface area contributed by atoms with Gasteiger partial charge >= 0.3 is 0 Å². The van der Waals surface area contributed by atoms with Gasteiger partial charge in [0.15, 0.2) is 0 Å². The zero-order valence-electron chi connectivity index (χ0n) is 10.7. The van der Waals surface area contributed by atoms with Gasteiger partial charge in [0.25, 0.3) is 0 Å². The Morgan fingerprint density at radius 3 is 2.67 bits per heavy atom. The summed E-state index contributed by atoms with van der Waals surface area (Å²) in [6.45, 7) is 1.13. The number of ether oxygens (including phenoxy) is 1. The molecule has 18 heavy (non-hydrogen) atoms. The quantitative estimate of drug-likeness (QED) is 0.880. The molecular formula is C14H18N2O2. The number of hydrogen-bond acceptors (Lipinski definition) is 4. The average molecular weight is 246 g/mol. The fourth-order valence-corrected chi connectivity index (χ4v) is 1.79. The van der Waals surface area contributed by atoms with Gasteiger partial charge in [-0.15, -0.1) is 0 Å². The first kappa shape index (κ1) is 12.5. The molecule has 96 valence electrons. The van der Waals surface area contributed by atoms with E-state index in [9.17, 15) is 0 Å². The Labute approximate surface area is 107 Å².